The van der Waals surface area contributed by atoms with E-state index in [0.717, 1.165) is 31.2 Å². The molecule has 1 saturated heterocycles. The average molecular weight is 345 g/mol. The molecule has 1 saturated carbocycles. The smallest absolute Gasteiger partial charge is 0.194 e. The quantitative estimate of drug-likeness (QED) is 0.647. The van der Waals surface area contributed by atoms with Crippen molar-refractivity contribution in [3.05, 3.63) is 23.8 Å². The summed E-state index contributed by atoms with van der Waals surface area (Å²) in [7, 11) is 1.57. The van der Waals surface area contributed by atoms with Crippen molar-refractivity contribution in [3.63, 3.8) is 0 Å². The summed E-state index contributed by atoms with van der Waals surface area (Å²) in [5, 5.41) is 13.7. The maximum atomic E-state index is 10.3. The number of guanidine groups is 1. The Bertz CT molecular complexity index is 609. The van der Waals surface area contributed by atoms with E-state index in [-0.39, 0.29) is 5.75 Å². The van der Waals surface area contributed by atoms with Crippen LogP contribution in [0.4, 0.5) is 0 Å². The third kappa shape index (κ3) is 4.02. The van der Waals surface area contributed by atoms with Gasteiger partial charge in [0.15, 0.2) is 17.5 Å². The number of nitrogens with zero attached hydrogens (tertiary/aromatic N) is 2. The molecule has 138 valence electrons. The molecule has 2 fully saturated rings. The molecule has 0 radical (unpaired) electrons. The van der Waals surface area contributed by atoms with Crippen molar-refractivity contribution in [2.45, 2.75) is 52.0 Å². The second-order valence-electron chi connectivity index (χ2n) is 7.37. The summed E-state index contributed by atoms with van der Waals surface area (Å²) in [4.78, 5) is 7.20. The van der Waals surface area contributed by atoms with E-state index in [1.54, 1.807) is 13.2 Å². The minimum absolute atomic E-state index is 0.190. The van der Waals surface area contributed by atoms with E-state index in [1.807, 2.05) is 12.1 Å². The Labute approximate surface area is 151 Å². The topological polar surface area (TPSA) is 57.1 Å². The highest BCUT2D eigenvalue weighted by Gasteiger charge is 2.39. The first kappa shape index (κ1) is 17.9. The number of aromatic hydroxyl groups is 1. The van der Waals surface area contributed by atoms with Crippen LogP contribution in [-0.4, -0.2) is 42.7 Å². The number of benzene rings is 1. The van der Waals surface area contributed by atoms with Gasteiger partial charge in [0.1, 0.15) is 0 Å². The molecule has 0 atom stereocenters. The average Bonchev–Trinajstić information content (AvgIpc) is 3.03. The minimum Gasteiger partial charge on any atom is -0.504 e. The van der Waals surface area contributed by atoms with E-state index in [4.69, 9.17) is 9.73 Å². The first-order chi connectivity index (χ1) is 12.2. The number of phenols is 1. The fourth-order valence-corrected chi connectivity index (χ4v) is 4.27. The molecule has 5 heteroatoms. The molecule has 0 amide bonds. The fraction of sp³-hybridized carbons (Fsp3) is 0.650. The molecule has 1 heterocycles. The summed E-state index contributed by atoms with van der Waals surface area (Å²) >= 11 is 0. The maximum absolute atomic E-state index is 10.3. The molecule has 1 aromatic rings. The highest BCUT2D eigenvalue weighted by Crippen LogP contribution is 2.43. The van der Waals surface area contributed by atoms with Gasteiger partial charge < -0.3 is 20.1 Å². The Hall–Kier alpha value is -1.91. The van der Waals surface area contributed by atoms with Crippen molar-refractivity contribution in [1.82, 2.24) is 10.2 Å². The van der Waals surface area contributed by atoms with E-state index >= 15 is 0 Å². The van der Waals surface area contributed by atoms with Gasteiger partial charge in [-0.15, -0.1) is 0 Å². The van der Waals surface area contributed by atoms with E-state index < -0.39 is 0 Å². The molecule has 0 unspecified atom stereocenters. The van der Waals surface area contributed by atoms with Crippen molar-refractivity contribution >= 4 is 5.96 Å². The number of methoxy groups -OCH3 is 1. The zero-order chi connectivity index (χ0) is 17.7. The van der Waals surface area contributed by atoms with Crippen LogP contribution in [0.3, 0.4) is 0 Å². The summed E-state index contributed by atoms with van der Waals surface area (Å²) in [6.45, 7) is 5.60. The lowest BCUT2D eigenvalue weighted by Gasteiger charge is -2.33. The summed E-state index contributed by atoms with van der Waals surface area (Å²) in [6.07, 6.45) is 8.14. The Balaban J connectivity index is 1.72. The van der Waals surface area contributed by atoms with Gasteiger partial charge in [0.25, 0.3) is 0 Å². The van der Waals surface area contributed by atoms with Crippen LogP contribution in [0.1, 0.15) is 51.0 Å². The van der Waals surface area contributed by atoms with Crippen LogP contribution in [0.2, 0.25) is 0 Å². The lowest BCUT2D eigenvalue weighted by molar-refractivity contribution is 0.203. The normalized spacial score (nSPS) is 20.1. The van der Waals surface area contributed by atoms with E-state index in [2.05, 4.69) is 17.1 Å². The standard InChI is InChI=1S/C20H31N3O2/c1-3-21-19(22-14-16-8-7-9-17(25-2)18(16)24)23-13-12-20(15-23)10-5-4-6-11-20/h7-9,24H,3-6,10-15H2,1-2H3,(H,21,22). The molecule has 25 heavy (non-hydrogen) atoms. The summed E-state index contributed by atoms with van der Waals surface area (Å²) in [6, 6.07) is 5.56. The third-order valence-corrected chi connectivity index (χ3v) is 5.69. The Morgan fingerprint density at radius 2 is 2.08 bits per heavy atom. The highest BCUT2D eigenvalue weighted by molar-refractivity contribution is 5.80. The summed E-state index contributed by atoms with van der Waals surface area (Å²) in [5.41, 5.74) is 1.30. The predicted molar refractivity (Wildman–Crippen MR) is 101 cm³/mol. The second kappa shape index (κ2) is 7.98. The number of hydrogen-bond donors (Lipinski definition) is 2. The van der Waals surface area contributed by atoms with Crippen LogP contribution in [0.15, 0.2) is 23.2 Å². The number of rotatable bonds is 4. The first-order valence-corrected chi connectivity index (χ1v) is 9.55. The molecule has 0 aromatic heterocycles. The molecule has 2 N–H and O–H groups in total. The predicted octanol–water partition coefficient (Wildman–Crippen LogP) is 3.52. The SMILES string of the molecule is CCNC(=NCc1cccc(OC)c1O)N1CCC2(CCCCC2)C1. The Kier molecular flexibility index (Phi) is 5.71. The largest absolute Gasteiger partial charge is 0.504 e. The molecule has 1 aromatic carbocycles. The van der Waals surface area contributed by atoms with Crippen LogP contribution in [-0.2, 0) is 6.54 Å². The van der Waals surface area contributed by atoms with Crippen LogP contribution in [0, 0.1) is 5.41 Å². The Morgan fingerprint density at radius 1 is 1.28 bits per heavy atom. The van der Waals surface area contributed by atoms with Crippen molar-refractivity contribution in [2.24, 2.45) is 10.4 Å². The van der Waals surface area contributed by atoms with Gasteiger partial charge in [-0.1, -0.05) is 31.4 Å². The lowest BCUT2D eigenvalue weighted by Crippen LogP contribution is -2.41. The number of phenolic OH excluding ortho intramolecular Hbond substituents is 1. The monoisotopic (exact) mass is 345 g/mol. The zero-order valence-corrected chi connectivity index (χ0v) is 15.6. The molecular weight excluding hydrogens is 314 g/mol. The van der Waals surface area contributed by atoms with Gasteiger partial charge in [-0.3, -0.25) is 0 Å². The molecule has 5 nitrogen and oxygen atoms in total. The first-order valence-electron chi connectivity index (χ1n) is 9.55. The zero-order valence-electron chi connectivity index (χ0n) is 15.6. The molecule has 3 rings (SSSR count). The van der Waals surface area contributed by atoms with Crippen molar-refractivity contribution < 1.29 is 9.84 Å². The third-order valence-electron chi connectivity index (χ3n) is 5.69. The molecule has 1 aliphatic carbocycles. The number of para-hydroxylation sites is 1. The summed E-state index contributed by atoms with van der Waals surface area (Å²) < 4.78 is 5.19. The molecular formula is C20H31N3O2. The van der Waals surface area contributed by atoms with Gasteiger partial charge in [-0.2, -0.15) is 0 Å². The van der Waals surface area contributed by atoms with Gasteiger partial charge in [0.2, 0.25) is 0 Å². The maximum Gasteiger partial charge on any atom is 0.194 e. The second-order valence-corrected chi connectivity index (χ2v) is 7.37. The fourth-order valence-electron chi connectivity index (χ4n) is 4.27. The van der Waals surface area contributed by atoms with Crippen LogP contribution < -0.4 is 10.1 Å². The summed E-state index contributed by atoms with van der Waals surface area (Å²) in [5.74, 6) is 1.65. The van der Waals surface area contributed by atoms with Crippen molar-refractivity contribution in [2.75, 3.05) is 26.7 Å². The number of likely N-dealkylation sites (tertiary alicyclic amines) is 1. The van der Waals surface area contributed by atoms with Gasteiger partial charge in [-0.25, -0.2) is 4.99 Å². The lowest BCUT2D eigenvalue weighted by atomic mass is 9.73. The molecule has 1 spiro atoms. The van der Waals surface area contributed by atoms with Gasteiger partial charge >= 0.3 is 0 Å². The van der Waals surface area contributed by atoms with Crippen LogP contribution in [0.5, 0.6) is 11.5 Å². The van der Waals surface area contributed by atoms with E-state index in [1.165, 1.54) is 38.5 Å². The number of aliphatic imine (C=N–C) groups is 1. The number of nitrogens with one attached hydrogen (secondary N) is 1. The Morgan fingerprint density at radius 3 is 2.80 bits per heavy atom. The van der Waals surface area contributed by atoms with Crippen molar-refractivity contribution in [1.29, 1.82) is 0 Å². The molecule has 1 aliphatic heterocycles. The molecule has 0 bridgehead atoms. The van der Waals surface area contributed by atoms with Gasteiger partial charge in [0, 0.05) is 25.2 Å². The number of hydrogen-bond acceptors (Lipinski definition) is 3. The van der Waals surface area contributed by atoms with Crippen molar-refractivity contribution in [3.8, 4) is 11.5 Å². The van der Waals surface area contributed by atoms with Crippen LogP contribution in [0.25, 0.3) is 0 Å². The number of ether oxygens (including phenoxy) is 1. The van der Waals surface area contributed by atoms with E-state index in [9.17, 15) is 5.11 Å². The van der Waals surface area contributed by atoms with Gasteiger partial charge in [0.05, 0.1) is 13.7 Å². The molecule has 2 aliphatic rings. The highest BCUT2D eigenvalue weighted by atomic mass is 16.5. The van der Waals surface area contributed by atoms with E-state index in [0.29, 0.717) is 17.7 Å². The minimum atomic E-state index is 0.190. The van der Waals surface area contributed by atoms with Crippen LogP contribution >= 0.6 is 0 Å². The van der Waals surface area contributed by atoms with Gasteiger partial charge in [-0.05, 0) is 37.7 Å².